The van der Waals surface area contributed by atoms with Gasteiger partial charge in [0.05, 0.1) is 25.6 Å². The van der Waals surface area contributed by atoms with E-state index in [1.54, 1.807) is 24.3 Å². The van der Waals surface area contributed by atoms with Crippen molar-refractivity contribution < 1.29 is 32.7 Å². The fourth-order valence-electron chi connectivity index (χ4n) is 4.66. The lowest BCUT2D eigenvalue weighted by Crippen LogP contribution is -2.40. The molecular weight excluding hydrogens is 522 g/mol. The molecule has 4 rings (SSSR count). The number of methoxy groups -OCH3 is 1. The van der Waals surface area contributed by atoms with Crippen LogP contribution in [0.3, 0.4) is 0 Å². The molecule has 2 N–H and O–H groups in total. The number of nitrogens with one attached hydrogen (secondary N) is 2. The van der Waals surface area contributed by atoms with Crippen molar-refractivity contribution in [3.05, 3.63) is 95.6 Å². The molecule has 0 aliphatic carbocycles. The number of carbonyl (C=O) groups is 4. The van der Waals surface area contributed by atoms with Gasteiger partial charge in [0.15, 0.2) is 0 Å². The zero-order valence-electron chi connectivity index (χ0n) is 21.7. The molecule has 1 saturated heterocycles. The quantitative estimate of drug-likeness (QED) is 0.291. The molecule has 2 unspecified atom stereocenters. The molecule has 1 aliphatic heterocycles. The molecule has 2 atom stereocenters. The van der Waals surface area contributed by atoms with Gasteiger partial charge in [-0.2, -0.15) is 0 Å². The van der Waals surface area contributed by atoms with Crippen LogP contribution in [0.5, 0.6) is 0 Å². The van der Waals surface area contributed by atoms with E-state index in [1.165, 1.54) is 16.9 Å². The number of halogens is 2. The van der Waals surface area contributed by atoms with Gasteiger partial charge in [-0.05, 0) is 41.5 Å². The van der Waals surface area contributed by atoms with Gasteiger partial charge in [0.2, 0.25) is 12.3 Å². The van der Waals surface area contributed by atoms with E-state index < -0.39 is 35.7 Å². The third kappa shape index (κ3) is 6.99. The van der Waals surface area contributed by atoms with E-state index in [1.807, 2.05) is 30.3 Å². The Balaban J connectivity index is 1.49. The number of ether oxygens (including phenoxy) is 1. The highest BCUT2D eigenvalue weighted by atomic mass is 19.1. The number of nitrogens with zero attached hydrogens (tertiary/aromatic N) is 2. The van der Waals surface area contributed by atoms with Crippen LogP contribution in [0.1, 0.15) is 30.0 Å². The second kappa shape index (κ2) is 12.8. The van der Waals surface area contributed by atoms with Gasteiger partial charge in [-0.1, -0.05) is 36.4 Å². The number of anilines is 2. The number of carbonyl (C=O) groups excluding carboxylic acids is 4. The average molecular weight is 551 g/mol. The summed E-state index contributed by atoms with van der Waals surface area (Å²) in [4.78, 5) is 52.5. The maximum Gasteiger partial charge on any atom is 0.319 e. The number of hydrogen-bond acceptors (Lipinski definition) is 5. The summed E-state index contributed by atoms with van der Waals surface area (Å²) >= 11 is 0. The van der Waals surface area contributed by atoms with Crippen LogP contribution in [-0.4, -0.2) is 48.9 Å². The Morgan fingerprint density at radius 1 is 1.07 bits per heavy atom. The predicted molar refractivity (Wildman–Crippen MR) is 143 cm³/mol. The number of hydrogen-bond donors (Lipinski definition) is 2. The van der Waals surface area contributed by atoms with Crippen molar-refractivity contribution in [2.45, 2.75) is 31.5 Å². The summed E-state index contributed by atoms with van der Waals surface area (Å²) in [7, 11) is 1.17. The van der Waals surface area contributed by atoms with Crippen molar-refractivity contribution in [3.63, 3.8) is 0 Å². The summed E-state index contributed by atoms with van der Waals surface area (Å²) in [6.07, 6.45) is 0.0245. The van der Waals surface area contributed by atoms with Crippen molar-refractivity contribution in [1.29, 1.82) is 0 Å². The predicted octanol–water partition coefficient (Wildman–Crippen LogP) is 4.15. The van der Waals surface area contributed by atoms with Crippen LogP contribution in [0, 0.1) is 11.6 Å². The van der Waals surface area contributed by atoms with E-state index >= 15 is 0 Å². The first-order valence-electron chi connectivity index (χ1n) is 12.5. The maximum atomic E-state index is 14.0. The van der Waals surface area contributed by atoms with E-state index in [-0.39, 0.29) is 30.9 Å². The molecule has 0 aromatic heterocycles. The van der Waals surface area contributed by atoms with Crippen LogP contribution in [0.15, 0.2) is 72.8 Å². The van der Waals surface area contributed by atoms with Gasteiger partial charge in [0.1, 0.15) is 11.6 Å². The Morgan fingerprint density at radius 2 is 1.80 bits per heavy atom. The Bertz CT molecular complexity index is 1370. The van der Waals surface area contributed by atoms with Crippen LogP contribution in [0.4, 0.5) is 25.0 Å². The van der Waals surface area contributed by atoms with Crippen molar-refractivity contribution in [1.82, 2.24) is 10.2 Å². The molecule has 1 fully saturated rings. The van der Waals surface area contributed by atoms with Gasteiger partial charge in [-0.15, -0.1) is 0 Å². The molecule has 1 aliphatic rings. The van der Waals surface area contributed by atoms with E-state index in [4.69, 9.17) is 4.74 Å². The summed E-state index contributed by atoms with van der Waals surface area (Å²) in [6, 6.07) is 16.7. The molecule has 9 nitrogen and oxygen atoms in total. The summed E-state index contributed by atoms with van der Waals surface area (Å²) in [5, 5.41) is 5.50. The van der Waals surface area contributed by atoms with Crippen molar-refractivity contribution >= 4 is 35.7 Å². The first-order chi connectivity index (χ1) is 19.3. The van der Waals surface area contributed by atoms with Gasteiger partial charge in [-0.25, -0.2) is 13.6 Å². The Morgan fingerprint density at radius 3 is 2.48 bits per heavy atom. The lowest BCUT2D eigenvalue weighted by atomic mass is 9.99. The second-order valence-electron chi connectivity index (χ2n) is 9.26. The minimum absolute atomic E-state index is 0.0635. The molecule has 1 heterocycles. The number of benzene rings is 3. The molecular formula is C29H28F2N4O5. The summed E-state index contributed by atoms with van der Waals surface area (Å²) in [6.45, 7) is 0.402. The normalized spacial score (nSPS) is 15.3. The highest BCUT2D eigenvalue weighted by Gasteiger charge is 2.38. The molecule has 4 amide bonds. The monoisotopic (exact) mass is 550 g/mol. The number of urea groups is 1. The second-order valence-corrected chi connectivity index (χ2v) is 9.26. The van der Waals surface area contributed by atoms with Crippen molar-refractivity contribution in [2.75, 3.05) is 23.9 Å². The van der Waals surface area contributed by atoms with Crippen LogP contribution in [0.2, 0.25) is 0 Å². The summed E-state index contributed by atoms with van der Waals surface area (Å²) in [5.41, 5.74) is 1.94. The SMILES string of the molecule is COC(=O)CC(c1cc(F)cc(F)c1)N(C=O)C1CC(=O)N(c2cccc(NC(=O)NCc3ccccc3)c2)C1. The lowest BCUT2D eigenvalue weighted by Gasteiger charge is -2.33. The molecule has 0 radical (unpaired) electrons. The van der Waals surface area contributed by atoms with E-state index in [9.17, 15) is 28.0 Å². The maximum absolute atomic E-state index is 14.0. The summed E-state index contributed by atoms with van der Waals surface area (Å²) in [5.74, 6) is -2.72. The molecule has 3 aromatic carbocycles. The van der Waals surface area contributed by atoms with Crippen LogP contribution in [-0.2, 0) is 25.7 Å². The zero-order valence-corrected chi connectivity index (χ0v) is 21.7. The minimum Gasteiger partial charge on any atom is -0.469 e. The van der Waals surface area contributed by atoms with Crippen LogP contribution >= 0.6 is 0 Å². The van der Waals surface area contributed by atoms with Crippen LogP contribution in [0.25, 0.3) is 0 Å². The molecule has 0 spiro atoms. The van der Waals surface area contributed by atoms with E-state index in [2.05, 4.69) is 10.6 Å². The Kier molecular flexibility index (Phi) is 9.05. The van der Waals surface area contributed by atoms with Crippen molar-refractivity contribution in [3.8, 4) is 0 Å². The summed E-state index contributed by atoms with van der Waals surface area (Å²) < 4.78 is 32.7. The number of esters is 1. The van der Waals surface area contributed by atoms with Gasteiger partial charge < -0.3 is 25.2 Å². The molecule has 0 saturated carbocycles. The van der Waals surface area contributed by atoms with E-state index in [0.29, 0.717) is 30.4 Å². The zero-order chi connectivity index (χ0) is 28.6. The van der Waals surface area contributed by atoms with Crippen LogP contribution < -0.4 is 15.5 Å². The molecule has 11 heteroatoms. The van der Waals surface area contributed by atoms with Gasteiger partial charge in [0, 0.05) is 37.0 Å². The third-order valence-corrected chi connectivity index (χ3v) is 6.58. The van der Waals surface area contributed by atoms with Gasteiger partial charge >= 0.3 is 12.0 Å². The number of amides is 4. The smallest absolute Gasteiger partial charge is 0.319 e. The highest BCUT2D eigenvalue weighted by molar-refractivity contribution is 5.97. The van der Waals surface area contributed by atoms with Gasteiger partial charge in [-0.3, -0.25) is 14.4 Å². The Hall–Kier alpha value is -4.80. The standard InChI is InChI=1S/C29H28F2N4O5/c1-40-28(38)15-26(20-10-21(30)12-22(31)11-20)35(18-36)25-14-27(37)34(17-25)24-9-5-8-23(13-24)33-29(39)32-16-19-6-3-2-4-7-19/h2-13,18,25-26H,14-17H2,1H3,(H2,32,33,39). The molecule has 40 heavy (non-hydrogen) atoms. The first-order valence-corrected chi connectivity index (χ1v) is 12.5. The fourth-order valence-corrected chi connectivity index (χ4v) is 4.66. The number of rotatable bonds is 10. The minimum atomic E-state index is -1.06. The third-order valence-electron chi connectivity index (χ3n) is 6.58. The largest absolute Gasteiger partial charge is 0.469 e. The highest BCUT2D eigenvalue weighted by Crippen LogP contribution is 2.33. The fraction of sp³-hybridized carbons (Fsp3) is 0.241. The Labute approximate surface area is 229 Å². The lowest BCUT2D eigenvalue weighted by molar-refractivity contribution is -0.143. The van der Waals surface area contributed by atoms with Crippen molar-refractivity contribution in [2.24, 2.45) is 0 Å². The van der Waals surface area contributed by atoms with Gasteiger partial charge in [0.25, 0.3) is 0 Å². The first kappa shape index (κ1) is 28.2. The van der Waals surface area contributed by atoms with E-state index in [0.717, 1.165) is 17.7 Å². The molecule has 0 bridgehead atoms. The molecule has 208 valence electrons. The average Bonchev–Trinajstić information content (AvgIpc) is 3.32. The topological polar surface area (TPSA) is 108 Å². The molecule has 3 aromatic rings.